The van der Waals surface area contributed by atoms with Gasteiger partial charge in [-0.1, -0.05) is 87.9 Å². The van der Waals surface area contributed by atoms with Crippen LogP contribution in [0.1, 0.15) is 77.8 Å². The molecule has 0 amide bonds. The van der Waals surface area contributed by atoms with Crippen molar-refractivity contribution in [3.63, 3.8) is 0 Å². The van der Waals surface area contributed by atoms with Crippen LogP contribution in [0, 0.1) is 6.92 Å². The van der Waals surface area contributed by atoms with Crippen molar-refractivity contribution in [1.82, 2.24) is 0 Å². The van der Waals surface area contributed by atoms with Crippen LogP contribution >= 0.6 is 0 Å². The van der Waals surface area contributed by atoms with Crippen molar-refractivity contribution in [3.05, 3.63) is 105 Å². The van der Waals surface area contributed by atoms with E-state index in [0.29, 0.717) is 0 Å². The summed E-state index contributed by atoms with van der Waals surface area (Å²) in [6, 6.07) is 21.6. The summed E-state index contributed by atoms with van der Waals surface area (Å²) in [7, 11) is 0. The van der Waals surface area contributed by atoms with Gasteiger partial charge in [-0.15, -0.1) is 0 Å². The first-order valence-corrected chi connectivity index (χ1v) is 12.4. The van der Waals surface area contributed by atoms with Gasteiger partial charge in [-0.3, -0.25) is 0 Å². The highest BCUT2D eigenvalue weighted by atomic mass is 14.1. The highest BCUT2D eigenvalue weighted by Gasteiger charge is 2.05. The molecule has 0 atom stereocenters. The van der Waals surface area contributed by atoms with Gasteiger partial charge in [0.15, 0.2) is 0 Å². The molecule has 0 heterocycles. The molecule has 0 aliphatic rings. The maximum atomic E-state index is 2.45. The molecule has 0 nitrogen and oxygen atoms in total. The maximum absolute atomic E-state index is 2.45. The molecule has 0 bridgehead atoms. The summed E-state index contributed by atoms with van der Waals surface area (Å²) in [4.78, 5) is 0. The zero-order valence-corrected chi connectivity index (χ0v) is 20.4. The quantitative estimate of drug-likeness (QED) is 0.318. The molecule has 0 aliphatic heterocycles. The number of benzene rings is 3. The van der Waals surface area contributed by atoms with Gasteiger partial charge in [0, 0.05) is 0 Å². The fourth-order valence-corrected chi connectivity index (χ4v) is 4.60. The maximum Gasteiger partial charge on any atom is -0.0238 e. The molecule has 0 fully saturated rings. The van der Waals surface area contributed by atoms with E-state index in [0.717, 1.165) is 51.4 Å². The Morgan fingerprint density at radius 3 is 0.871 bits per heavy atom. The second-order valence-corrected chi connectivity index (χ2v) is 9.06. The summed E-state index contributed by atoms with van der Waals surface area (Å²) >= 11 is 0. The third-order valence-corrected chi connectivity index (χ3v) is 6.46. The van der Waals surface area contributed by atoms with Gasteiger partial charge in [0.05, 0.1) is 0 Å². The molecule has 0 spiro atoms. The van der Waals surface area contributed by atoms with Gasteiger partial charge in [0.25, 0.3) is 0 Å². The zero-order chi connectivity index (χ0) is 22.2. The van der Waals surface area contributed by atoms with Crippen LogP contribution in [0.5, 0.6) is 0 Å². The summed E-state index contributed by atoms with van der Waals surface area (Å²) < 4.78 is 0. The van der Waals surface area contributed by atoms with E-state index >= 15 is 0 Å². The molecule has 0 heteroatoms. The van der Waals surface area contributed by atoms with Crippen LogP contribution in [0.2, 0.25) is 0 Å². The molecule has 3 aromatic carbocycles. The summed E-state index contributed by atoms with van der Waals surface area (Å²) in [5.41, 5.74) is 13.2. The van der Waals surface area contributed by atoms with E-state index in [4.69, 9.17) is 0 Å². The average Bonchev–Trinajstić information content (AvgIpc) is 2.80. The Labute approximate surface area is 190 Å². The minimum absolute atomic E-state index is 1.12. The van der Waals surface area contributed by atoms with Gasteiger partial charge in [0.1, 0.15) is 0 Å². The lowest BCUT2D eigenvalue weighted by atomic mass is 9.94. The van der Waals surface area contributed by atoms with Gasteiger partial charge < -0.3 is 0 Å². The van der Waals surface area contributed by atoms with Gasteiger partial charge in [0.2, 0.25) is 0 Å². The van der Waals surface area contributed by atoms with Crippen molar-refractivity contribution in [2.45, 2.75) is 86.0 Å². The zero-order valence-electron chi connectivity index (χ0n) is 20.4. The number of hydrogen-bond donors (Lipinski definition) is 0. The fourth-order valence-electron chi connectivity index (χ4n) is 4.60. The molecular formula is C31H40. The average molecular weight is 413 g/mol. The number of hydrogen-bond acceptors (Lipinski definition) is 0. The molecule has 3 rings (SSSR count). The van der Waals surface area contributed by atoms with E-state index in [9.17, 15) is 0 Å². The van der Waals surface area contributed by atoms with E-state index in [1.807, 2.05) is 0 Å². The van der Waals surface area contributed by atoms with E-state index in [1.54, 1.807) is 0 Å². The minimum atomic E-state index is 1.12. The minimum Gasteiger partial charge on any atom is -0.0613 e. The SMILES string of the molecule is CCc1cc(CC)cc(CCc2cc(C)cc(CCc3cc(CC)cc(CC)c3)c2)c1. The van der Waals surface area contributed by atoms with Crippen molar-refractivity contribution in [2.75, 3.05) is 0 Å². The Hall–Kier alpha value is -2.34. The summed E-state index contributed by atoms with van der Waals surface area (Å²) in [6.45, 7) is 11.3. The molecule has 164 valence electrons. The van der Waals surface area contributed by atoms with Crippen LogP contribution in [-0.2, 0) is 51.4 Å². The molecular weight excluding hydrogens is 372 g/mol. The van der Waals surface area contributed by atoms with Crippen molar-refractivity contribution in [3.8, 4) is 0 Å². The highest BCUT2D eigenvalue weighted by Crippen LogP contribution is 2.19. The molecule has 0 saturated heterocycles. The van der Waals surface area contributed by atoms with E-state index in [-0.39, 0.29) is 0 Å². The Bertz CT molecular complexity index is 871. The van der Waals surface area contributed by atoms with E-state index < -0.39 is 0 Å². The van der Waals surface area contributed by atoms with Crippen LogP contribution in [0.25, 0.3) is 0 Å². The normalized spacial score (nSPS) is 11.1. The van der Waals surface area contributed by atoms with Crippen molar-refractivity contribution < 1.29 is 0 Å². The molecule has 0 aliphatic carbocycles. The van der Waals surface area contributed by atoms with Crippen LogP contribution < -0.4 is 0 Å². The third kappa shape index (κ3) is 6.82. The smallest absolute Gasteiger partial charge is 0.0238 e. The highest BCUT2D eigenvalue weighted by molar-refractivity contribution is 5.35. The lowest BCUT2D eigenvalue weighted by Crippen LogP contribution is -1.99. The third-order valence-electron chi connectivity index (χ3n) is 6.46. The standard InChI is InChI=1S/C31H40/c1-6-24-16-25(7-2)19-30(18-24)12-10-28-14-23(5)15-29(22-28)11-13-31-20-26(8-3)17-27(9-4)21-31/h14-22H,6-13H2,1-5H3. The van der Waals surface area contributed by atoms with Gasteiger partial charge in [-0.25, -0.2) is 0 Å². The monoisotopic (exact) mass is 412 g/mol. The summed E-state index contributed by atoms with van der Waals surface area (Å²) in [6.07, 6.45) is 8.97. The molecule has 0 saturated carbocycles. The second kappa shape index (κ2) is 11.3. The Kier molecular flexibility index (Phi) is 8.52. The largest absolute Gasteiger partial charge is 0.0613 e. The van der Waals surface area contributed by atoms with Gasteiger partial charge in [-0.05, 0) is 103 Å². The topological polar surface area (TPSA) is 0 Å². The van der Waals surface area contributed by atoms with Crippen LogP contribution in [0.3, 0.4) is 0 Å². The Balaban J connectivity index is 1.69. The lowest BCUT2D eigenvalue weighted by molar-refractivity contribution is 0.916. The predicted octanol–water partition coefficient (Wildman–Crippen LogP) is 7.82. The molecule has 31 heavy (non-hydrogen) atoms. The number of rotatable bonds is 10. The molecule has 0 N–H and O–H groups in total. The number of aryl methyl sites for hydroxylation is 9. The summed E-state index contributed by atoms with van der Waals surface area (Å²) in [5.74, 6) is 0. The first-order valence-electron chi connectivity index (χ1n) is 12.4. The Morgan fingerprint density at radius 1 is 0.355 bits per heavy atom. The first kappa shape index (κ1) is 23.3. The van der Waals surface area contributed by atoms with Crippen molar-refractivity contribution >= 4 is 0 Å². The van der Waals surface area contributed by atoms with Crippen molar-refractivity contribution in [2.24, 2.45) is 0 Å². The molecule has 3 aromatic rings. The predicted molar refractivity (Wildman–Crippen MR) is 136 cm³/mol. The molecule has 0 unspecified atom stereocenters. The van der Waals surface area contributed by atoms with Crippen LogP contribution in [0.4, 0.5) is 0 Å². The van der Waals surface area contributed by atoms with Crippen LogP contribution in [-0.4, -0.2) is 0 Å². The van der Waals surface area contributed by atoms with Gasteiger partial charge in [-0.2, -0.15) is 0 Å². The lowest BCUT2D eigenvalue weighted by Gasteiger charge is -2.11. The van der Waals surface area contributed by atoms with E-state index in [1.165, 1.54) is 50.1 Å². The second-order valence-electron chi connectivity index (χ2n) is 9.06. The Morgan fingerprint density at radius 2 is 0.581 bits per heavy atom. The molecule has 0 radical (unpaired) electrons. The first-order chi connectivity index (χ1) is 15.0. The fraction of sp³-hybridized carbons (Fsp3) is 0.419. The van der Waals surface area contributed by atoms with Crippen molar-refractivity contribution in [1.29, 1.82) is 0 Å². The summed E-state index contributed by atoms with van der Waals surface area (Å²) in [5, 5.41) is 0. The van der Waals surface area contributed by atoms with Gasteiger partial charge >= 0.3 is 0 Å². The molecule has 0 aromatic heterocycles. The van der Waals surface area contributed by atoms with E-state index in [2.05, 4.69) is 89.2 Å². The van der Waals surface area contributed by atoms with Crippen LogP contribution in [0.15, 0.2) is 54.6 Å².